The maximum Gasteiger partial charge on any atom is 0.106 e. The predicted octanol–water partition coefficient (Wildman–Crippen LogP) is 4.57. The third-order valence-electron chi connectivity index (χ3n) is 3.29. The van der Waals surface area contributed by atoms with E-state index >= 15 is 0 Å². The maximum atomic E-state index is 10.4. The van der Waals surface area contributed by atoms with Gasteiger partial charge in [0.05, 0.1) is 0 Å². The van der Waals surface area contributed by atoms with Crippen LogP contribution in [0.4, 0.5) is 0 Å². The van der Waals surface area contributed by atoms with Crippen molar-refractivity contribution in [1.29, 1.82) is 0 Å². The zero-order chi connectivity index (χ0) is 13.2. The van der Waals surface area contributed by atoms with Crippen molar-refractivity contribution in [3.63, 3.8) is 0 Å². The van der Waals surface area contributed by atoms with Gasteiger partial charge in [0.2, 0.25) is 0 Å². The Labute approximate surface area is 117 Å². The van der Waals surface area contributed by atoms with Gasteiger partial charge in [-0.15, -0.1) is 0 Å². The molecule has 1 N–H and O–H groups in total. The summed E-state index contributed by atoms with van der Waals surface area (Å²) in [5.74, 6) is 0. The largest absolute Gasteiger partial charge is 0.384 e. The Balaban J connectivity index is 2.07. The predicted molar refractivity (Wildman–Crippen MR) is 79.5 cm³/mol. The van der Waals surface area contributed by atoms with Gasteiger partial charge in [-0.3, -0.25) is 0 Å². The van der Waals surface area contributed by atoms with Crippen molar-refractivity contribution in [3.05, 3.63) is 82.9 Å². The minimum Gasteiger partial charge on any atom is -0.384 e. The Morgan fingerprint density at radius 3 is 2.26 bits per heavy atom. The molecule has 0 aliphatic carbocycles. The highest BCUT2D eigenvalue weighted by Gasteiger charge is 2.13. The van der Waals surface area contributed by atoms with Gasteiger partial charge < -0.3 is 5.11 Å². The Bertz CT molecular complexity index is 721. The number of rotatable bonds is 2. The van der Waals surface area contributed by atoms with Crippen molar-refractivity contribution in [2.45, 2.75) is 6.10 Å². The SMILES string of the molecule is O[C@H](c1ccc2ccccc2c1)c1ccccc1Cl. The van der Waals surface area contributed by atoms with E-state index in [4.69, 9.17) is 11.6 Å². The Morgan fingerprint density at radius 2 is 1.47 bits per heavy atom. The summed E-state index contributed by atoms with van der Waals surface area (Å²) >= 11 is 6.13. The smallest absolute Gasteiger partial charge is 0.106 e. The third kappa shape index (κ3) is 2.35. The van der Waals surface area contributed by atoms with E-state index in [9.17, 15) is 5.11 Å². The average molecular weight is 269 g/mol. The van der Waals surface area contributed by atoms with Crippen LogP contribution in [0.25, 0.3) is 10.8 Å². The second-order valence-electron chi connectivity index (χ2n) is 4.53. The van der Waals surface area contributed by atoms with Crippen LogP contribution in [0.1, 0.15) is 17.2 Å². The van der Waals surface area contributed by atoms with Crippen LogP contribution in [0.3, 0.4) is 0 Å². The summed E-state index contributed by atoms with van der Waals surface area (Å²) in [7, 11) is 0. The quantitative estimate of drug-likeness (QED) is 0.722. The molecule has 0 aliphatic rings. The van der Waals surface area contributed by atoms with Crippen LogP contribution in [0.2, 0.25) is 5.02 Å². The highest BCUT2D eigenvalue weighted by atomic mass is 35.5. The second kappa shape index (κ2) is 5.04. The Morgan fingerprint density at radius 1 is 0.789 bits per heavy atom. The van der Waals surface area contributed by atoms with Crippen molar-refractivity contribution in [2.24, 2.45) is 0 Å². The van der Waals surface area contributed by atoms with E-state index in [1.165, 1.54) is 0 Å². The zero-order valence-electron chi connectivity index (χ0n) is 10.3. The van der Waals surface area contributed by atoms with Gasteiger partial charge in [0.15, 0.2) is 0 Å². The van der Waals surface area contributed by atoms with Crippen molar-refractivity contribution in [3.8, 4) is 0 Å². The molecule has 0 spiro atoms. The van der Waals surface area contributed by atoms with Crippen LogP contribution in [0.5, 0.6) is 0 Å². The fourth-order valence-electron chi connectivity index (χ4n) is 2.25. The van der Waals surface area contributed by atoms with Crippen LogP contribution in [-0.2, 0) is 0 Å². The van der Waals surface area contributed by atoms with Crippen LogP contribution in [-0.4, -0.2) is 5.11 Å². The molecule has 0 saturated carbocycles. The molecule has 0 bridgehead atoms. The van der Waals surface area contributed by atoms with Gasteiger partial charge in [-0.25, -0.2) is 0 Å². The minimum absolute atomic E-state index is 0.586. The molecule has 1 nitrogen and oxygen atoms in total. The van der Waals surface area contributed by atoms with Crippen molar-refractivity contribution in [1.82, 2.24) is 0 Å². The summed E-state index contributed by atoms with van der Waals surface area (Å²) in [5, 5.41) is 13.3. The number of hydrogen-bond acceptors (Lipinski definition) is 1. The van der Waals surface area contributed by atoms with E-state index in [2.05, 4.69) is 6.07 Å². The molecule has 1 atom stereocenters. The standard InChI is InChI=1S/C17H13ClO/c18-16-8-4-3-7-15(16)17(19)14-10-9-12-5-1-2-6-13(12)11-14/h1-11,17,19H/t17-/m1/s1. The monoisotopic (exact) mass is 268 g/mol. The second-order valence-corrected chi connectivity index (χ2v) is 4.94. The molecule has 0 fully saturated rings. The van der Waals surface area contributed by atoms with E-state index in [0.29, 0.717) is 5.02 Å². The molecule has 3 rings (SSSR count). The van der Waals surface area contributed by atoms with E-state index in [0.717, 1.165) is 21.9 Å². The normalized spacial score (nSPS) is 12.5. The molecular weight excluding hydrogens is 256 g/mol. The van der Waals surface area contributed by atoms with E-state index in [1.807, 2.05) is 54.6 Å². The van der Waals surface area contributed by atoms with Crippen LogP contribution in [0.15, 0.2) is 66.7 Å². The summed E-state index contributed by atoms with van der Waals surface area (Å²) in [5.41, 5.74) is 1.59. The molecule has 0 unspecified atom stereocenters. The highest BCUT2D eigenvalue weighted by molar-refractivity contribution is 6.31. The molecule has 19 heavy (non-hydrogen) atoms. The summed E-state index contributed by atoms with van der Waals surface area (Å²) in [4.78, 5) is 0. The molecule has 2 heteroatoms. The van der Waals surface area contributed by atoms with Gasteiger partial charge in [-0.1, -0.05) is 66.2 Å². The van der Waals surface area contributed by atoms with E-state index < -0.39 is 6.10 Å². The molecule has 0 heterocycles. The van der Waals surface area contributed by atoms with Gasteiger partial charge in [0, 0.05) is 10.6 Å². The number of fused-ring (bicyclic) bond motifs is 1. The molecular formula is C17H13ClO. The van der Waals surface area contributed by atoms with Crippen molar-refractivity contribution in [2.75, 3.05) is 0 Å². The zero-order valence-corrected chi connectivity index (χ0v) is 11.0. The Hall–Kier alpha value is -1.83. The molecule has 3 aromatic rings. The fourth-order valence-corrected chi connectivity index (χ4v) is 2.49. The summed E-state index contributed by atoms with van der Waals surface area (Å²) < 4.78 is 0. The molecule has 3 aromatic carbocycles. The van der Waals surface area contributed by atoms with Gasteiger partial charge >= 0.3 is 0 Å². The summed E-state index contributed by atoms with van der Waals surface area (Å²) in [6.45, 7) is 0. The van der Waals surface area contributed by atoms with Gasteiger partial charge in [0.1, 0.15) is 6.10 Å². The fraction of sp³-hybridized carbons (Fsp3) is 0.0588. The lowest BCUT2D eigenvalue weighted by molar-refractivity contribution is 0.220. The number of aliphatic hydroxyl groups is 1. The van der Waals surface area contributed by atoms with Gasteiger partial charge in [-0.05, 0) is 28.5 Å². The molecule has 0 saturated heterocycles. The number of benzene rings is 3. The van der Waals surface area contributed by atoms with E-state index in [1.54, 1.807) is 6.07 Å². The van der Waals surface area contributed by atoms with Crippen LogP contribution in [0, 0.1) is 0 Å². The molecule has 0 aliphatic heterocycles. The topological polar surface area (TPSA) is 20.2 Å². The van der Waals surface area contributed by atoms with Gasteiger partial charge in [0.25, 0.3) is 0 Å². The first-order valence-electron chi connectivity index (χ1n) is 6.17. The first-order valence-corrected chi connectivity index (χ1v) is 6.55. The van der Waals surface area contributed by atoms with Gasteiger partial charge in [-0.2, -0.15) is 0 Å². The highest BCUT2D eigenvalue weighted by Crippen LogP contribution is 2.29. The summed E-state index contributed by atoms with van der Waals surface area (Å²) in [6, 6.07) is 21.4. The first-order chi connectivity index (χ1) is 9.25. The van der Waals surface area contributed by atoms with Crippen molar-refractivity contribution >= 4 is 22.4 Å². The lowest BCUT2D eigenvalue weighted by Crippen LogP contribution is -2.00. The van der Waals surface area contributed by atoms with E-state index in [-0.39, 0.29) is 0 Å². The van der Waals surface area contributed by atoms with Crippen LogP contribution >= 0.6 is 11.6 Å². The van der Waals surface area contributed by atoms with Crippen molar-refractivity contribution < 1.29 is 5.11 Å². The third-order valence-corrected chi connectivity index (χ3v) is 3.63. The Kier molecular flexibility index (Phi) is 3.24. The molecule has 0 amide bonds. The lowest BCUT2D eigenvalue weighted by atomic mass is 9.98. The summed E-state index contributed by atoms with van der Waals surface area (Å²) in [6.07, 6.45) is -0.696. The number of halogens is 1. The number of aliphatic hydroxyl groups excluding tert-OH is 1. The van der Waals surface area contributed by atoms with Crippen LogP contribution < -0.4 is 0 Å². The molecule has 0 radical (unpaired) electrons. The first kappa shape index (κ1) is 12.2. The molecule has 94 valence electrons. The lowest BCUT2D eigenvalue weighted by Gasteiger charge is -2.13. The minimum atomic E-state index is -0.696. The maximum absolute atomic E-state index is 10.4. The molecule has 0 aromatic heterocycles. The number of hydrogen-bond donors (Lipinski definition) is 1. The average Bonchev–Trinajstić information content (AvgIpc) is 2.46.